The van der Waals surface area contributed by atoms with Crippen LogP contribution < -0.4 is 0 Å². The fourth-order valence-corrected chi connectivity index (χ4v) is 1.79. The molecule has 0 aliphatic carbocycles. The molecular weight excluding hydrogens is 357 g/mol. The molecule has 1 rings (SSSR count). The number of rotatable bonds is 6. The molecule has 1 unspecified atom stereocenters. The molecule has 0 heterocycles. The van der Waals surface area contributed by atoms with Gasteiger partial charge in [0.15, 0.2) is 0 Å². The van der Waals surface area contributed by atoms with Crippen LogP contribution in [0.3, 0.4) is 0 Å². The molecule has 140 valence electrons. The molecule has 1 aromatic rings. The Kier molecular flexibility index (Phi) is 6.19. The number of nitrogens with zero attached hydrogens (tertiary/aromatic N) is 2. The molecule has 0 radical (unpaired) electrons. The SMILES string of the molecule is CC(C/C=N/N(C)C(=O)c1ccccc1)C(F)(F)C(F)(F)C(F)(F)F. The van der Waals surface area contributed by atoms with Crippen molar-refractivity contribution in [2.45, 2.75) is 31.4 Å². The number of amides is 1. The molecule has 0 saturated carbocycles. The molecule has 1 atom stereocenters. The summed E-state index contributed by atoms with van der Waals surface area (Å²) in [5.74, 6) is -14.4. The minimum atomic E-state index is -6.37. The predicted octanol–water partition coefficient (Wildman–Crippen LogP) is 4.60. The summed E-state index contributed by atoms with van der Waals surface area (Å²) in [6, 6.07) is 7.74. The molecule has 0 aliphatic rings. The third kappa shape index (κ3) is 4.49. The molecule has 0 bridgehead atoms. The van der Waals surface area contributed by atoms with Crippen LogP contribution in [0.2, 0.25) is 0 Å². The van der Waals surface area contributed by atoms with Gasteiger partial charge in [-0.3, -0.25) is 4.79 Å². The van der Waals surface area contributed by atoms with E-state index in [1.54, 1.807) is 18.2 Å². The highest BCUT2D eigenvalue weighted by molar-refractivity contribution is 5.94. The smallest absolute Gasteiger partial charge is 0.267 e. The lowest BCUT2D eigenvalue weighted by molar-refractivity contribution is -0.364. The van der Waals surface area contributed by atoms with E-state index in [-0.39, 0.29) is 5.56 Å². The topological polar surface area (TPSA) is 32.7 Å². The molecule has 0 spiro atoms. The van der Waals surface area contributed by atoms with E-state index in [0.29, 0.717) is 13.1 Å². The summed E-state index contributed by atoms with van der Waals surface area (Å²) in [4.78, 5) is 11.9. The summed E-state index contributed by atoms with van der Waals surface area (Å²) in [7, 11) is 1.19. The molecule has 0 aromatic heterocycles. The first-order valence-electron chi connectivity index (χ1n) is 7.00. The lowest BCUT2D eigenvalue weighted by Crippen LogP contribution is -2.55. The van der Waals surface area contributed by atoms with Gasteiger partial charge in [-0.05, 0) is 18.6 Å². The molecule has 0 saturated heterocycles. The highest BCUT2D eigenvalue weighted by Gasteiger charge is 2.74. The fourth-order valence-electron chi connectivity index (χ4n) is 1.79. The summed E-state index contributed by atoms with van der Waals surface area (Å²) in [6.07, 6.45) is -6.56. The van der Waals surface area contributed by atoms with E-state index in [9.17, 15) is 35.5 Å². The Labute approximate surface area is 139 Å². The largest absolute Gasteiger partial charge is 0.459 e. The van der Waals surface area contributed by atoms with E-state index in [2.05, 4.69) is 5.10 Å². The highest BCUT2D eigenvalue weighted by atomic mass is 19.4. The summed E-state index contributed by atoms with van der Waals surface area (Å²) in [6.45, 7) is 0.546. The summed E-state index contributed by atoms with van der Waals surface area (Å²) < 4.78 is 89.0. The van der Waals surface area contributed by atoms with Crippen LogP contribution in [0.4, 0.5) is 30.7 Å². The van der Waals surface area contributed by atoms with Gasteiger partial charge in [-0.15, -0.1) is 0 Å². The van der Waals surface area contributed by atoms with Gasteiger partial charge in [-0.2, -0.15) is 35.8 Å². The van der Waals surface area contributed by atoms with Crippen molar-refractivity contribution in [1.29, 1.82) is 0 Å². The van der Waals surface area contributed by atoms with E-state index < -0.39 is 36.3 Å². The third-order valence-electron chi connectivity index (χ3n) is 3.42. The first-order chi connectivity index (χ1) is 11.3. The van der Waals surface area contributed by atoms with E-state index in [4.69, 9.17) is 0 Å². The number of hydrazone groups is 1. The zero-order valence-electron chi connectivity index (χ0n) is 13.2. The van der Waals surface area contributed by atoms with E-state index >= 15 is 0 Å². The van der Waals surface area contributed by atoms with Gasteiger partial charge >= 0.3 is 18.0 Å². The summed E-state index contributed by atoms with van der Waals surface area (Å²) in [5, 5.41) is 4.26. The van der Waals surface area contributed by atoms with Crippen LogP contribution in [0.5, 0.6) is 0 Å². The van der Waals surface area contributed by atoms with Gasteiger partial charge in [-0.1, -0.05) is 25.1 Å². The lowest BCUT2D eigenvalue weighted by Gasteiger charge is -2.31. The minimum Gasteiger partial charge on any atom is -0.267 e. The Morgan fingerprint density at radius 1 is 1.12 bits per heavy atom. The number of carbonyl (C=O) groups is 1. The van der Waals surface area contributed by atoms with Crippen molar-refractivity contribution in [3.63, 3.8) is 0 Å². The van der Waals surface area contributed by atoms with Gasteiger partial charge in [0.25, 0.3) is 5.91 Å². The Hall–Kier alpha value is -2.13. The van der Waals surface area contributed by atoms with Crippen molar-refractivity contribution in [3.8, 4) is 0 Å². The van der Waals surface area contributed by atoms with Crippen LogP contribution >= 0.6 is 0 Å². The van der Waals surface area contributed by atoms with Crippen LogP contribution in [0.25, 0.3) is 0 Å². The first-order valence-corrected chi connectivity index (χ1v) is 7.00. The molecule has 3 nitrogen and oxygen atoms in total. The highest BCUT2D eigenvalue weighted by Crippen LogP contribution is 2.50. The van der Waals surface area contributed by atoms with Crippen LogP contribution in [-0.2, 0) is 0 Å². The molecule has 0 fully saturated rings. The first kappa shape index (κ1) is 20.9. The van der Waals surface area contributed by atoms with Crippen molar-refractivity contribution in [3.05, 3.63) is 35.9 Å². The molecule has 25 heavy (non-hydrogen) atoms. The monoisotopic (exact) mass is 372 g/mol. The Morgan fingerprint density at radius 3 is 2.12 bits per heavy atom. The normalized spacial score (nSPS) is 14.6. The molecule has 0 aliphatic heterocycles. The van der Waals surface area contributed by atoms with Crippen LogP contribution in [0.15, 0.2) is 35.4 Å². The van der Waals surface area contributed by atoms with Gasteiger partial charge in [-0.25, -0.2) is 5.01 Å². The molecule has 1 amide bonds. The van der Waals surface area contributed by atoms with Gasteiger partial charge in [0.1, 0.15) is 0 Å². The Balaban J connectivity index is 2.76. The van der Waals surface area contributed by atoms with E-state index in [1.165, 1.54) is 19.2 Å². The van der Waals surface area contributed by atoms with Gasteiger partial charge in [0.2, 0.25) is 0 Å². The predicted molar refractivity (Wildman–Crippen MR) is 76.8 cm³/mol. The second-order valence-corrected chi connectivity index (χ2v) is 5.32. The van der Waals surface area contributed by atoms with Gasteiger partial charge in [0, 0.05) is 24.7 Å². The minimum absolute atomic E-state index is 0.240. The number of hydrogen-bond donors (Lipinski definition) is 0. The summed E-state index contributed by atoms with van der Waals surface area (Å²) in [5.41, 5.74) is 0.240. The zero-order valence-corrected chi connectivity index (χ0v) is 13.2. The van der Waals surface area contributed by atoms with Crippen LogP contribution in [0, 0.1) is 5.92 Å². The van der Waals surface area contributed by atoms with Crippen molar-refractivity contribution in [2.75, 3.05) is 7.05 Å². The standard InChI is InChI=1S/C15H15F7N2O/c1-10(13(16,17)14(18,19)15(20,21)22)8-9-23-24(2)12(25)11-6-4-3-5-7-11/h3-7,9-10H,8H2,1-2H3/b23-9+. The third-order valence-corrected chi connectivity index (χ3v) is 3.42. The molecular formula is C15H15F7N2O. The maximum absolute atomic E-state index is 13.4. The Bertz CT molecular complexity index is 614. The number of hydrogen-bond acceptors (Lipinski definition) is 2. The second kappa shape index (κ2) is 7.40. The van der Waals surface area contributed by atoms with E-state index in [0.717, 1.165) is 5.01 Å². The van der Waals surface area contributed by atoms with E-state index in [1.807, 2.05) is 0 Å². The molecule has 0 N–H and O–H groups in total. The number of alkyl halides is 7. The quantitative estimate of drug-likeness (QED) is 0.408. The van der Waals surface area contributed by atoms with Crippen molar-refractivity contribution >= 4 is 12.1 Å². The van der Waals surface area contributed by atoms with Gasteiger partial charge < -0.3 is 0 Å². The van der Waals surface area contributed by atoms with Crippen molar-refractivity contribution in [1.82, 2.24) is 5.01 Å². The molecule has 10 heteroatoms. The fraction of sp³-hybridized carbons (Fsp3) is 0.467. The number of carbonyl (C=O) groups excluding carboxylic acids is 1. The zero-order chi connectivity index (χ0) is 19.5. The number of benzene rings is 1. The van der Waals surface area contributed by atoms with Crippen molar-refractivity contribution in [2.24, 2.45) is 11.0 Å². The number of halogens is 7. The average molecular weight is 372 g/mol. The average Bonchev–Trinajstić information content (AvgIpc) is 2.53. The summed E-state index contributed by atoms with van der Waals surface area (Å²) >= 11 is 0. The maximum Gasteiger partial charge on any atom is 0.459 e. The van der Waals surface area contributed by atoms with Crippen LogP contribution in [-0.4, -0.2) is 42.2 Å². The maximum atomic E-state index is 13.4. The second-order valence-electron chi connectivity index (χ2n) is 5.32. The lowest BCUT2D eigenvalue weighted by atomic mass is 9.94. The van der Waals surface area contributed by atoms with Gasteiger partial charge in [0.05, 0.1) is 0 Å². The van der Waals surface area contributed by atoms with Crippen molar-refractivity contribution < 1.29 is 35.5 Å². The molecule has 1 aromatic carbocycles. The van der Waals surface area contributed by atoms with Crippen LogP contribution in [0.1, 0.15) is 23.7 Å². The Morgan fingerprint density at radius 2 is 1.64 bits per heavy atom.